The number of hydrogen-bond donors (Lipinski definition) is 2. The van der Waals surface area contributed by atoms with E-state index in [4.69, 9.17) is 0 Å². The number of rotatable bonds is 14. The van der Waals surface area contributed by atoms with E-state index in [0.29, 0.717) is 24.0 Å². The second kappa shape index (κ2) is 13.3. The third-order valence-electron chi connectivity index (χ3n) is 7.42. The summed E-state index contributed by atoms with van der Waals surface area (Å²) in [5, 5.41) is 18.7. The molecule has 0 aromatic heterocycles. The summed E-state index contributed by atoms with van der Waals surface area (Å²) >= 11 is 0. The van der Waals surface area contributed by atoms with Crippen LogP contribution in [0.4, 0.5) is 0 Å². The van der Waals surface area contributed by atoms with E-state index < -0.39 is 11.4 Å². The van der Waals surface area contributed by atoms with E-state index in [2.05, 4.69) is 20.8 Å². The molecule has 2 aliphatic rings. The molecule has 0 bridgehead atoms. The van der Waals surface area contributed by atoms with Crippen LogP contribution in [0, 0.1) is 22.7 Å². The fraction of sp³-hybridized carbons (Fsp3) is 0.594. The molecule has 0 aliphatic heterocycles. The minimum Gasteiger partial charge on any atom is -0.481 e. The SMILES string of the molecule is CC1C=C(/C=C\C2=CC(C)C=C(CCCCC(C)(C)C(=O)O)C2=O)C(=O)C(CCCCC(C)(C)CO)=C1. The van der Waals surface area contributed by atoms with Crippen molar-refractivity contribution < 1.29 is 24.6 Å². The highest BCUT2D eigenvalue weighted by Gasteiger charge is 2.27. The second-order valence-electron chi connectivity index (χ2n) is 12.3. The summed E-state index contributed by atoms with van der Waals surface area (Å²) < 4.78 is 0. The molecule has 0 spiro atoms. The Kier molecular flexibility index (Phi) is 11.0. The van der Waals surface area contributed by atoms with Gasteiger partial charge in [-0.25, -0.2) is 0 Å². The molecule has 5 heteroatoms. The van der Waals surface area contributed by atoms with E-state index in [0.717, 1.165) is 49.7 Å². The standard InChI is InChI=1S/C32H46O5/c1-22-17-24(11-7-9-15-31(3,4)21-33)28(34)26(19-22)13-14-27-20-23(2)18-25(29(27)35)12-8-10-16-32(5,6)30(36)37/h13-14,17-20,22-23,33H,7-12,15-16,21H2,1-6H3,(H,36,37)/b14-13-. The van der Waals surface area contributed by atoms with Crippen LogP contribution in [0.5, 0.6) is 0 Å². The van der Waals surface area contributed by atoms with Crippen molar-refractivity contribution in [3.05, 3.63) is 58.7 Å². The Hall–Kier alpha value is -2.53. The molecule has 0 heterocycles. The van der Waals surface area contributed by atoms with Gasteiger partial charge >= 0.3 is 5.97 Å². The molecule has 0 fully saturated rings. The lowest BCUT2D eigenvalue weighted by Gasteiger charge is -2.21. The van der Waals surface area contributed by atoms with Crippen molar-refractivity contribution in [2.75, 3.05) is 6.61 Å². The molecule has 0 aromatic rings. The van der Waals surface area contributed by atoms with E-state index in [9.17, 15) is 24.6 Å². The molecule has 0 aromatic carbocycles. The Balaban J connectivity index is 1.96. The van der Waals surface area contributed by atoms with Gasteiger partial charge in [-0.3, -0.25) is 14.4 Å². The van der Waals surface area contributed by atoms with Crippen LogP contribution >= 0.6 is 0 Å². The van der Waals surface area contributed by atoms with Crippen LogP contribution in [-0.2, 0) is 14.4 Å². The molecule has 0 amide bonds. The highest BCUT2D eigenvalue weighted by Crippen LogP contribution is 2.30. The maximum absolute atomic E-state index is 13.1. The number of carbonyl (C=O) groups excluding carboxylic acids is 2. The lowest BCUT2D eigenvalue weighted by atomic mass is 9.84. The van der Waals surface area contributed by atoms with Crippen molar-refractivity contribution in [1.82, 2.24) is 0 Å². The number of aliphatic hydroxyl groups excluding tert-OH is 1. The van der Waals surface area contributed by atoms with Crippen molar-refractivity contribution in [2.45, 2.75) is 92.9 Å². The minimum atomic E-state index is -0.797. The van der Waals surface area contributed by atoms with E-state index in [1.165, 1.54) is 0 Å². The first-order valence-electron chi connectivity index (χ1n) is 13.7. The van der Waals surface area contributed by atoms with E-state index >= 15 is 0 Å². The first-order chi connectivity index (χ1) is 17.3. The molecule has 37 heavy (non-hydrogen) atoms. The first kappa shape index (κ1) is 30.7. The summed E-state index contributed by atoms with van der Waals surface area (Å²) in [5.74, 6) is -0.498. The summed E-state index contributed by atoms with van der Waals surface area (Å²) in [5.41, 5.74) is 2.00. The van der Waals surface area contributed by atoms with Gasteiger partial charge in [0.05, 0.1) is 5.41 Å². The van der Waals surface area contributed by atoms with Crippen molar-refractivity contribution in [1.29, 1.82) is 0 Å². The van der Waals surface area contributed by atoms with Crippen LogP contribution < -0.4 is 0 Å². The highest BCUT2D eigenvalue weighted by atomic mass is 16.4. The molecular formula is C32H46O5. The number of carboxylic acids is 1. The predicted octanol–water partition coefficient (Wildman–Crippen LogP) is 6.94. The Morgan fingerprint density at radius 2 is 1.22 bits per heavy atom. The Morgan fingerprint density at radius 3 is 1.62 bits per heavy atom. The molecular weight excluding hydrogens is 464 g/mol. The van der Waals surface area contributed by atoms with Gasteiger partial charge in [-0.2, -0.15) is 0 Å². The molecule has 2 N–H and O–H groups in total. The number of Topliss-reactive ketones (excluding diaryl/α,β-unsaturated/α-hetero) is 2. The van der Waals surface area contributed by atoms with Gasteiger partial charge in [-0.15, -0.1) is 0 Å². The zero-order valence-electron chi connectivity index (χ0n) is 23.6. The number of aliphatic hydroxyl groups is 1. The lowest BCUT2D eigenvalue weighted by molar-refractivity contribution is -0.147. The molecule has 0 radical (unpaired) electrons. The van der Waals surface area contributed by atoms with Gasteiger partial charge in [-0.05, 0) is 80.8 Å². The molecule has 0 saturated carbocycles. The van der Waals surface area contributed by atoms with Gasteiger partial charge in [0.2, 0.25) is 0 Å². The Morgan fingerprint density at radius 1 is 0.784 bits per heavy atom. The van der Waals surface area contributed by atoms with E-state index in [1.54, 1.807) is 26.0 Å². The first-order valence-corrected chi connectivity index (χ1v) is 13.7. The summed E-state index contributed by atoms with van der Waals surface area (Å²) in [4.78, 5) is 37.6. The number of ketones is 2. The molecule has 2 atom stereocenters. The van der Waals surface area contributed by atoms with Gasteiger partial charge in [0, 0.05) is 17.8 Å². The van der Waals surface area contributed by atoms with Gasteiger partial charge in [-0.1, -0.05) is 77.0 Å². The highest BCUT2D eigenvalue weighted by molar-refractivity contribution is 6.13. The fourth-order valence-electron chi connectivity index (χ4n) is 4.79. The van der Waals surface area contributed by atoms with Crippen molar-refractivity contribution in [3.63, 3.8) is 0 Å². The molecule has 204 valence electrons. The summed E-state index contributed by atoms with van der Waals surface area (Å²) in [6, 6.07) is 0. The summed E-state index contributed by atoms with van der Waals surface area (Å²) in [6.45, 7) is 11.8. The predicted molar refractivity (Wildman–Crippen MR) is 149 cm³/mol. The number of aliphatic carboxylic acids is 1. The largest absolute Gasteiger partial charge is 0.481 e. The van der Waals surface area contributed by atoms with Crippen LogP contribution in [0.15, 0.2) is 58.7 Å². The minimum absolute atomic E-state index is 0.00832. The normalized spacial score (nSPS) is 21.1. The quantitative estimate of drug-likeness (QED) is 0.247. The molecule has 2 rings (SSSR count). The number of carboxylic acid groups (broad SMARTS) is 1. The van der Waals surface area contributed by atoms with Gasteiger partial charge in [0.15, 0.2) is 11.6 Å². The molecule has 2 unspecified atom stereocenters. The van der Waals surface area contributed by atoms with E-state index in [1.807, 2.05) is 31.2 Å². The molecule has 2 aliphatic carbocycles. The number of hydrogen-bond acceptors (Lipinski definition) is 4. The zero-order valence-corrected chi connectivity index (χ0v) is 23.6. The van der Waals surface area contributed by atoms with Gasteiger partial charge < -0.3 is 10.2 Å². The number of unbranched alkanes of at least 4 members (excludes halogenated alkanes) is 2. The Labute approximate surface area is 223 Å². The van der Waals surface area contributed by atoms with Crippen LogP contribution in [0.3, 0.4) is 0 Å². The van der Waals surface area contributed by atoms with Gasteiger partial charge in [0.25, 0.3) is 0 Å². The van der Waals surface area contributed by atoms with Crippen LogP contribution in [0.2, 0.25) is 0 Å². The summed E-state index contributed by atoms with van der Waals surface area (Å²) in [7, 11) is 0. The Bertz CT molecular complexity index is 1020. The monoisotopic (exact) mass is 510 g/mol. The maximum Gasteiger partial charge on any atom is 0.309 e. The topological polar surface area (TPSA) is 91.7 Å². The van der Waals surface area contributed by atoms with Crippen molar-refractivity contribution in [3.8, 4) is 0 Å². The lowest BCUT2D eigenvalue weighted by Crippen LogP contribution is -2.23. The average Bonchev–Trinajstić information content (AvgIpc) is 2.82. The third kappa shape index (κ3) is 9.37. The second-order valence-corrected chi connectivity index (χ2v) is 12.3. The maximum atomic E-state index is 13.1. The molecule has 5 nitrogen and oxygen atoms in total. The average molecular weight is 511 g/mol. The van der Waals surface area contributed by atoms with Crippen molar-refractivity contribution in [2.24, 2.45) is 22.7 Å². The third-order valence-corrected chi connectivity index (χ3v) is 7.42. The number of carbonyl (C=O) groups is 3. The fourth-order valence-corrected chi connectivity index (χ4v) is 4.79. The number of allylic oxidation sites excluding steroid dienone is 10. The van der Waals surface area contributed by atoms with E-state index in [-0.39, 0.29) is 35.4 Å². The smallest absolute Gasteiger partial charge is 0.309 e. The molecule has 0 saturated heterocycles. The van der Waals surface area contributed by atoms with Crippen LogP contribution in [0.1, 0.15) is 92.9 Å². The van der Waals surface area contributed by atoms with Crippen molar-refractivity contribution >= 4 is 17.5 Å². The zero-order chi connectivity index (χ0) is 27.8. The van der Waals surface area contributed by atoms with Gasteiger partial charge in [0.1, 0.15) is 0 Å². The summed E-state index contributed by atoms with van der Waals surface area (Å²) in [6.07, 6.45) is 17.7. The van der Waals surface area contributed by atoms with Crippen LogP contribution in [0.25, 0.3) is 0 Å². The van der Waals surface area contributed by atoms with Crippen LogP contribution in [-0.4, -0.2) is 34.4 Å².